The molecule has 15 heavy (non-hydrogen) atoms. The minimum Gasteiger partial charge on any atom is -0.367 e. The number of likely N-dealkylation sites (N-methyl/N-ethyl adjacent to an activating group) is 1. The molecule has 2 heterocycles. The van der Waals surface area contributed by atoms with Gasteiger partial charge >= 0.3 is 0 Å². The number of allylic oxidation sites excluding steroid dienone is 2. The monoisotopic (exact) mass is 200 g/mol. The van der Waals surface area contributed by atoms with Crippen molar-refractivity contribution < 1.29 is 4.79 Å². The fourth-order valence-electron chi connectivity index (χ4n) is 1.52. The summed E-state index contributed by atoms with van der Waals surface area (Å²) in [4.78, 5) is 17.9. The molecule has 3 heteroatoms. The molecular weight excluding hydrogens is 188 g/mol. The molecule has 1 aromatic rings. The molecule has 0 saturated carbocycles. The molecule has 0 N–H and O–H groups in total. The van der Waals surface area contributed by atoms with Crippen LogP contribution < -0.4 is 0 Å². The first-order valence-electron chi connectivity index (χ1n) is 4.81. The standard InChI is InChI=1S/C12H12N2O/c1-14-9-5-3-7-11(14)12(15)10-6-2-4-8-13-10/h2-9,11H,1H3. The van der Waals surface area contributed by atoms with Gasteiger partial charge in [-0.15, -0.1) is 0 Å². The zero-order valence-corrected chi connectivity index (χ0v) is 8.50. The summed E-state index contributed by atoms with van der Waals surface area (Å²) in [6.07, 6.45) is 9.17. The normalized spacial score (nSPS) is 19.3. The zero-order valence-electron chi connectivity index (χ0n) is 8.50. The van der Waals surface area contributed by atoms with Gasteiger partial charge in [0.1, 0.15) is 11.7 Å². The molecule has 0 aliphatic carbocycles. The van der Waals surface area contributed by atoms with Crippen molar-refractivity contribution in [2.24, 2.45) is 0 Å². The summed E-state index contributed by atoms with van der Waals surface area (Å²) in [5, 5.41) is 0. The van der Waals surface area contributed by atoms with E-state index in [2.05, 4.69) is 4.98 Å². The molecule has 0 bridgehead atoms. The number of pyridine rings is 1. The van der Waals surface area contributed by atoms with Crippen molar-refractivity contribution in [1.82, 2.24) is 9.88 Å². The maximum absolute atomic E-state index is 12.0. The van der Waals surface area contributed by atoms with Crippen LogP contribution in [0.25, 0.3) is 0 Å². The molecule has 2 rings (SSSR count). The Balaban J connectivity index is 2.22. The molecule has 1 aliphatic rings. The summed E-state index contributed by atoms with van der Waals surface area (Å²) >= 11 is 0. The Morgan fingerprint density at radius 3 is 2.93 bits per heavy atom. The van der Waals surface area contributed by atoms with Crippen LogP contribution in [-0.2, 0) is 0 Å². The van der Waals surface area contributed by atoms with Crippen LogP contribution in [0.5, 0.6) is 0 Å². The molecule has 1 aliphatic heterocycles. The third-order valence-corrected chi connectivity index (χ3v) is 2.35. The van der Waals surface area contributed by atoms with Gasteiger partial charge in [0.15, 0.2) is 0 Å². The van der Waals surface area contributed by atoms with Crippen molar-refractivity contribution in [3.63, 3.8) is 0 Å². The van der Waals surface area contributed by atoms with E-state index in [1.165, 1.54) is 0 Å². The molecule has 0 radical (unpaired) electrons. The molecule has 0 saturated heterocycles. The van der Waals surface area contributed by atoms with E-state index in [1.54, 1.807) is 18.3 Å². The lowest BCUT2D eigenvalue weighted by atomic mass is 10.1. The lowest BCUT2D eigenvalue weighted by Gasteiger charge is -2.24. The molecule has 1 unspecified atom stereocenters. The summed E-state index contributed by atoms with van der Waals surface area (Å²) in [5.41, 5.74) is 0.509. The first kappa shape index (κ1) is 9.65. The molecule has 1 aromatic heterocycles. The Bertz CT molecular complexity index is 409. The van der Waals surface area contributed by atoms with E-state index in [-0.39, 0.29) is 11.8 Å². The van der Waals surface area contributed by atoms with Crippen molar-refractivity contribution >= 4 is 5.78 Å². The SMILES string of the molecule is CN1C=CC=CC1C(=O)c1ccccn1. The van der Waals surface area contributed by atoms with Crippen LogP contribution in [0.15, 0.2) is 48.8 Å². The quantitative estimate of drug-likeness (QED) is 0.680. The Labute approximate surface area is 88.7 Å². The Morgan fingerprint density at radius 2 is 2.27 bits per heavy atom. The molecule has 3 nitrogen and oxygen atoms in total. The number of carbonyl (C=O) groups excluding carboxylic acids is 1. The topological polar surface area (TPSA) is 33.2 Å². The van der Waals surface area contributed by atoms with E-state index in [0.717, 1.165) is 0 Å². The van der Waals surface area contributed by atoms with Gasteiger partial charge in [-0.2, -0.15) is 0 Å². The highest BCUT2D eigenvalue weighted by atomic mass is 16.1. The second-order valence-electron chi connectivity index (χ2n) is 3.42. The number of hydrogen-bond donors (Lipinski definition) is 0. The highest BCUT2D eigenvalue weighted by Gasteiger charge is 2.21. The van der Waals surface area contributed by atoms with E-state index in [9.17, 15) is 4.79 Å². The van der Waals surface area contributed by atoms with E-state index in [0.29, 0.717) is 5.69 Å². The lowest BCUT2D eigenvalue weighted by molar-refractivity contribution is 0.0916. The molecule has 0 aromatic carbocycles. The summed E-state index contributed by atoms with van der Waals surface area (Å²) < 4.78 is 0. The Kier molecular flexibility index (Phi) is 2.63. The summed E-state index contributed by atoms with van der Waals surface area (Å²) in [7, 11) is 1.88. The van der Waals surface area contributed by atoms with Gasteiger partial charge in [0.2, 0.25) is 5.78 Å². The van der Waals surface area contributed by atoms with Gasteiger partial charge in [-0.3, -0.25) is 9.78 Å². The van der Waals surface area contributed by atoms with Gasteiger partial charge in [0.05, 0.1) is 0 Å². The number of aromatic nitrogens is 1. The van der Waals surface area contributed by atoms with Gasteiger partial charge in [-0.25, -0.2) is 0 Å². The number of carbonyl (C=O) groups is 1. The van der Waals surface area contributed by atoms with E-state index in [1.807, 2.05) is 42.4 Å². The van der Waals surface area contributed by atoms with Gasteiger partial charge in [-0.05, 0) is 24.4 Å². The average Bonchev–Trinajstić information content (AvgIpc) is 2.30. The second-order valence-corrected chi connectivity index (χ2v) is 3.42. The average molecular weight is 200 g/mol. The van der Waals surface area contributed by atoms with Crippen LogP contribution in [-0.4, -0.2) is 28.8 Å². The van der Waals surface area contributed by atoms with Crippen LogP contribution in [0, 0.1) is 0 Å². The van der Waals surface area contributed by atoms with Gasteiger partial charge in [0.25, 0.3) is 0 Å². The van der Waals surface area contributed by atoms with Crippen molar-refractivity contribution in [3.05, 3.63) is 54.5 Å². The fourth-order valence-corrected chi connectivity index (χ4v) is 1.52. The van der Waals surface area contributed by atoms with Gasteiger partial charge in [0, 0.05) is 13.2 Å². The predicted octanol–water partition coefficient (Wildman–Crippen LogP) is 1.65. The summed E-state index contributed by atoms with van der Waals surface area (Å²) in [6.45, 7) is 0. The molecular formula is C12H12N2O. The van der Waals surface area contributed by atoms with Crippen LogP contribution in [0.4, 0.5) is 0 Å². The first-order chi connectivity index (χ1) is 7.29. The van der Waals surface area contributed by atoms with Crippen molar-refractivity contribution in [1.29, 1.82) is 0 Å². The minimum absolute atomic E-state index is 0.0266. The van der Waals surface area contributed by atoms with Crippen LogP contribution in [0.3, 0.4) is 0 Å². The number of nitrogens with zero attached hydrogens (tertiary/aromatic N) is 2. The van der Waals surface area contributed by atoms with Crippen molar-refractivity contribution in [2.45, 2.75) is 6.04 Å². The Morgan fingerprint density at radius 1 is 1.40 bits per heavy atom. The van der Waals surface area contributed by atoms with Crippen molar-refractivity contribution in [3.8, 4) is 0 Å². The van der Waals surface area contributed by atoms with Gasteiger partial charge in [-0.1, -0.05) is 18.2 Å². The Hall–Kier alpha value is -1.90. The zero-order chi connectivity index (χ0) is 10.7. The maximum atomic E-state index is 12.0. The maximum Gasteiger partial charge on any atom is 0.207 e. The van der Waals surface area contributed by atoms with E-state index < -0.39 is 0 Å². The molecule has 0 spiro atoms. The van der Waals surface area contributed by atoms with Gasteiger partial charge < -0.3 is 4.90 Å². The second kappa shape index (κ2) is 4.09. The molecule has 0 fully saturated rings. The fraction of sp³-hybridized carbons (Fsp3) is 0.167. The number of rotatable bonds is 2. The molecule has 1 atom stereocenters. The van der Waals surface area contributed by atoms with Crippen molar-refractivity contribution in [2.75, 3.05) is 7.05 Å². The minimum atomic E-state index is -0.232. The summed E-state index contributed by atoms with van der Waals surface area (Å²) in [6, 6.07) is 5.13. The predicted molar refractivity (Wildman–Crippen MR) is 58.4 cm³/mol. The smallest absolute Gasteiger partial charge is 0.207 e. The third kappa shape index (κ3) is 1.96. The highest BCUT2D eigenvalue weighted by molar-refractivity contribution is 5.99. The first-order valence-corrected chi connectivity index (χ1v) is 4.81. The number of ketones is 1. The summed E-state index contributed by atoms with van der Waals surface area (Å²) in [5.74, 6) is 0.0266. The lowest BCUT2D eigenvalue weighted by Crippen LogP contribution is -2.34. The van der Waals surface area contributed by atoms with Crippen LogP contribution in [0.1, 0.15) is 10.5 Å². The molecule has 0 amide bonds. The van der Waals surface area contributed by atoms with E-state index >= 15 is 0 Å². The highest BCUT2D eigenvalue weighted by Crippen LogP contribution is 2.10. The van der Waals surface area contributed by atoms with E-state index in [4.69, 9.17) is 0 Å². The number of Topliss-reactive ketones (excluding diaryl/α,β-unsaturated/α-hetero) is 1. The molecule has 76 valence electrons. The number of hydrogen-bond acceptors (Lipinski definition) is 3. The van der Waals surface area contributed by atoms with Crippen LogP contribution in [0.2, 0.25) is 0 Å². The largest absolute Gasteiger partial charge is 0.367 e. The van der Waals surface area contributed by atoms with Crippen LogP contribution >= 0.6 is 0 Å². The third-order valence-electron chi connectivity index (χ3n) is 2.35.